The van der Waals surface area contributed by atoms with Crippen LogP contribution in [0.15, 0.2) is 70.8 Å². The van der Waals surface area contributed by atoms with Crippen LogP contribution >= 0.6 is 0 Å². The number of H-pyrrole nitrogens is 1. The molecule has 1 aliphatic heterocycles. The Labute approximate surface area is 195 Å². The molecule has 0 spiro atoms. The summed E-state index contributed by atoms with van der Waals surface area (Å²) in [6.45, 7) is 2.96. The highest BCUT2D eigenvalue weighted by atomic mass is 32.2. The van der Waals surface area contributed by atoms with Crippen molar-refractivity contribution in [3.63, 3.8) is 0 Å². The van der Waals surface area contributed by atoms with Crippen molar-refractivity contribution < 1.29 is 17.9 Å². The zero-order chi connectivity index (χ0) is 23.5. The van der Waals surface area contributed by atoms with E-state index >= 15 is 0 Å². The number of anilines is 1. The molecule has 0 radical (unpaired) electrons. The number of nitrogens with one attached hydrogen (secondary N) is 2. The second kappa shape index (κ2) is 9.20. The normalized spacial score (nSPS) is 14.3. The third-order valence-corrected chi connectivity index (χ3v) is 7.36. The van der Waals surface area contributed by atoms with E-state index in [1.165, 1.54) is 24.5 Å². The lowest BCUT2D eigenvalue weighted by molar-refractivity contribution is 0.0950. The van der Waals surface area contributed by atoms with Crippen molar-refractivity contribution in [1.29, 1.82) is 0 Å². The van der Waals surface area contributed by atoms with Crippen LogP contribution in [0.2, 0.25) is 0 Å². The van der Waals surface area contributed by atoms with E-state index in [0.717, 1.165) is 29.9 Å². The summed E-state index contributed by atoms with van der Waals surface area (Å²) in [7, 11) is -3.70. The van der Waals surface area contributed by atoms with Crippen molar-refractivity contribution in [3.05, 3.63) is 72.2 Å². The van der Waals surface area contributed by atoms with Gasteiger partial charge >= 0.3 is 0 Å². The van der Waals surface area contributed by atoms with Crippen LogP contribution in [0, 0.1) is 0 Å². The molecule has 1 saturated heterocycles. The molecular formula is C23H22N6O4S. The SMILES string of the molecule is O=C(NCc1ccc(S(=O)(=O)c2ccc(N3CCOCC3)nc2)cc1)c1cnc2[nH]ncc2c1. The summed E-state index contributed by atoms with van der Waals surface area (Å²) in [5, 5.41) is 10.2. The number of hydrogen-bond acceptors (Lipinski definition) is 8. The van der Waals surface area contributed by atoms with Gasteiger partial charge in [-0.05, 0) is 35.9 Å². The number of carbonyl (C=O) groups excluding carboxylic acids is 1. The monoisotopic (exact) mass is 478 g/mol. The average molecular weight is 479 g/mol. The minimum absolute atomic E-state index is 0.132. The van der Waals surface area contributed by atoms with E-state index in [4.69, 9.17) is 4.74 Å². The number of fused-ring (bicyclic) bond motifs is 1. The van der Waals surface area contributed by atoms with Gasteiger partial charge in [-0.15, -0.1) is 0 Å². The molecule has 1 aromatic carbocycles. The third-order valence-electron chi connectivity index (χ3n) is 5.61. The lowest BCUT2D eigenvalue weighted by Crippen LogP contribution is -2.36. The summed E-state index contributed by atoms with van der Waals surface area (Å²) >= 11 is 0. The Kier molecular flexibility index (Phi) is 5.95. The fraction of sp³-hybridized carbons (Fsp3) is 0.217. The number of aromatic nitrogens is 4. The van der Waals surface area contributed by atoms with Crippen LogP contribution in [0.25, 0.3) is 11.0 Å². The molecule has 0 saturated carbocycles. The molecule has 1 fully saturated rings. The van der Waals surface area contributed by atoms with Crippen molar-refractivity contribution in [2.24, 2.45) is 0 Å². The van der Waals surface area contributed by atoms with Gasteiger partial charge in [-0.3, -0.25) is 9.89 Å². The molecular weight excluding hydrogens is 456 g/mol. The first-order chi connectivity index (χ1) is 16.5. The van der Waals surface area contributed by atoms with Crippen LogP contribution < -0.4 is 10.2 Å². The van der Waals surface area contributed by atoms with E-state index in [2.05, 4.69) is 30.4 Å². The van der Waals surface area contributed by atoms with Crippen molar-refractivity contribution in [3.8, 4) is 0 Å². The minimum atomic E-state index is -3.70. The van der Waals surface area contributed by atoms with Gasteiger partial charge in [0.15, 0.2) is 5.65 Å². The van der Waals surface area contributed by atoms with Gasteiger partial charge in [-0.25, -0.2) is 18.4 Å². The van der Waals surface area contributed by atoms with Crippen molar-refractivity contribution >= 4 is 32.6 Å². The van der Waals surface area contributed by atoms with Crippen LogP contribution in [-0.2, 0) is 21.1 Å². The zero-order valence-electron chi connectivity index (χ0n) is 18.1. The first kappa shape index (κ1) is 22.0. The number of benzene rings is 1. The number of hydrogen-bond donors (Lipinski definition) is 2. The van der Waals surface area contributed by atoms with Crippen LogP contribution in [-0.4, -0.2) is 60.8 Å². The van der Waals surface area contributed by atoms with Gasteiger partial charge in [0.25, 0.3) is 5.91 Å². The quantitative estimate of drug-likeness (QED) is 0.430. The Hall–Kier alpha value is -3.83. The molecule has 1 aliphatic rings. The highest BCUT2D eigenvalue weighted by molar-refractivity contribution is 7.91. The standard InChI is InChI=1S/C23H22N6O4S/c30-23(18-11-17-14-27-28-22(17)25-13-18)26-12-16-1-3-19(4-2-16)34(31,32)20-5-6-21(24-15-20)29-7-9-33-10-8-29/h1-6,11,13-15H,7-10,12H2,(H,26,30)(H,25,27,28). The first-order valence-corrected chi connectivity index (χ1v) is 12.2. The number of rotatable bonds is 6. The maximum absolute atomic E-state index is 13.0. The van der Waals surface area contributed by atoms with E-state index in [9.17, 15) is 13.2 Å². The lowest BCUT2D eigenvalue weighted by Gasteiger charge is -2.27. The van der Waals surface area contributed by atoms with E-state index < -0.39 is 9.84 Å². The Bertz CT molecular complexity index is 1410. The summed E-state index contributed by atoms with van der Waals surface area (Å²) < 4.78 is 31.4. The van der Waals surface area contributed by atoms with Gasteiger partial charge in [0, 0.05) is 37.4 Å². The summed E-state index contributed by atoms with van der Waals surface area (Å²) in [6, 6.07) is 11.4. The molecule has 5 rings (SSSR count). The molecule has 0 bridgehead atoms. The first-order valence-electron chi connectivity index (χ1n) is 10.7. The van der Waals surface area contributed by atoms with Crippen molar-refractivity contribution in [2.45, 2.75) is 16.3 Å². The molecule has 0 unspecified atom stereocenters. The van der Waals surface area contributed by atoms with Crippen LogP contribution in [0.1, 0.15) is 15.9 Å². The molecule has 4 aromatic rings. The number of ether oxygens (including phenoxy) is 1. The van der Waals surface area contributed by atoms with Gasteiger partial charge in [0.1, 0.15) is 5.82 Å². The Morgan fingerprint density at radius 1 is 1.00 bits per heavy atom. The minimum Gasteiger partial charge on any atom is -0.378 e. The number of nitrogens with zero attached hydrogens (tertiary/aromatic N) is 4. The van der Waals surface area contributed by atoms with E-state index in [-0.39, 0.29) is 22.2 Å². The number of sulfone groups is 1. The fourth-order valence-corrected chi connectivity index (χ4v) is 4.88. The Balaban J connectivity index is 1.24. The number of morpholine rings is 1. The summed E-state index contributed by atoms with van der Waals surface area (Å²) in [5.74, 6) is 0.453. The molecule has 0 aliphatic carbocycles. The number of carbonyl (C=O) groups is 1. The largest absolute Gasteiger partial charge is 0.378 e. The van der Waals surface area contributed by atoms with Crippen molar-refractivity contribution in [1.82, 2.24) is 25.5 Å². The number of pyridine rings is 2. The summed E-state index contributed by atoms with van der Waals surface area (Å²) in [5.41, 5.74) is 1.80. The van der Waals surface area contributed by atoms with Crippen LogP contribution in [0.3, 0.4) is 0 Å². The highest BCUT2D eigenvalue weighted by Gasteiger charge is 2.20. The van der Waals surface area contributed by atoms with Gasteiger partial charge in [-0.2, -0.15) is 5.10 Å². The van der Waals surface area contributed by atoms with Crippen LogP contribution in [0.4, 0.5) is 5.82 Å². The molecule has 10 nitrogen and oxygen atoms in total. The Morgan fingerprint density at radius 2 is 1.76 bits per heavy atom. The second-order valence-corrected chi connectivity index (χ2v) is 9.76. The lowest BCUT2D eigenvalue weighted by atomic mass is 10.2. The number of aromatic amines is 1. The smallest absolute Gasteiger partial charge is 0.253 e. The maximum Gasteiger partial charge on any atom is 0.253 e. The van der Waals surface area contributed by atoms with Gasteiger partial charge in [0.2, 0.25) is 9.84 Å². The topological polar surface area (TPSA) is 130 Å². The molecule has 11 heteroatoms. The number of amides is 1. The molecule has 1 amide bonds. The summed E-state index contributed by atoms with van der Waals surface area (Å²) in [6.07, 6.45) is 4.47. The van der Waals surface area contributed by atoms with Gasteiger partial charge in [0.05, 0.1) is 34.8 Å². The molecule has 0 atom stereocenters. The molecule has 2 N–H and O–H groups in total. The maximum atomic E-state index is 13.0. The Morgan fingerprint density at radius 3 is 2.50 bits per heavy atom. The predicted molar refractivity (Wildman–Crippen MR) is 124 cm³/mol. The summed E-state index contributed by atoms with van der Waals surface area (Å²) in [4.78, 5) is 23.3. The average Bonchev–Trinajstić information content (AvgIpc) is 3.36. The highest BCUT2D eigenvalue weighted by Crippen LogP contribution is 2.23. The second-order valence-electron chi connectivity index (χ2n) is 7.81. The van der Waals surface area contributed by atoms with Crippen molar-refractivity contribution in [2.75, 3.05) is 31.2 Å². The molecule has 34 heavy (non-hydrogen) atoms. The van der Waals surface area contributed by atoms with Crippen LogP contribution in [0.5, 0.6) is 0 Å². The zero-order valence-corrected chi connectivity index (χ0v) is 19.0. The molecule has 3 aromatic heterocycles. The molecule has 174 valence electrons. The third kappa shape index (κ3) is 4.47. The predicted octanol–water partition coefficient (Wildman–Crippen LogP) is 1.95. The van der Waals surface area contributed by atoms with E-state index in [1.54, 1.807) is 36.5 Å². The van der Waals surface area contributed by atoms with E-state index in [1.807, 2.05) is 0 Å². The van der Waals surface area contributed by atoms with E-state index in [0.29, 0.717) is 24.4 Å². The van der Waals surface area contributed by atoms with Gasteiger partial charge < -0.3 is 15.0 Å². The fourth-order valence-electron chi connectivity index (χ4n) is 3.68. The molecule has 4 heterocycles. The van der Waals surface area contributed by atoms with Gasteiger partial charge in [-0.1, -0.05) is 12.1 Å².